The first-order chi connectivity index (χ1) is 19.9. The van der Waals surface area contributed by atoms with Crippen molar-refractivity contribution in [2.75, 3.05) is 32.7 Å². The first-order valence-electron chi connectivity index (χ1n) is 14.3. The van der Waals surface area contributed by atoms with Gasteiger partial charge in [-0.1, -0.05) is 24.3 Å². The molecule has 41 heavy (non-hydrogen) atoms. The van der Waals surface area contributed by atoms with Crippen LogP contribution in [-0.2, 0) is 11.2 Å². The number of rotatable bonds is 6. The van der Waals surface area contributed by atoms with E-state index in [0.717, 1.165) is 59.2 Å². The normalized spacial score (nSPS) is 17.9. The summed E-state index contributed by atoms with van der Waals surface area (Å²) >= 11 is 0. The number of nitrogens with zero attached hydrogens (tertiary/aromatic N) is 4. The largest absolute Gasteiger partial charge is 0.507 e. The van der Waals surface area contributed by atoms with Gasteiger partial charge in [0.15, 0.2) is 0 Å². The molecule has 0 aliphatic carbocycles. The Kier molecular flexibility index (Phi) is 7.46. The summed E-state index contributed by atoms with van der Waals surface area (Å²) in [6.07, 6.45) is 7.12. The number of amides is 1. The fourth-order valence-corrected chi connectivity index (χ4v) is 6.42. The SMILES string of the molecule is N#CC1(Cc2ccc(F)cc2)CCN(C(=O)CN2CCC(c3cccc(-c4cc5cnccc5[nH]4)c3O)CC2)CC1. The Bertz CT molecular complexity index is 1540. The summed E-state index contributed by atoms with van der Waals surface area (Å²) < 4.78 is 13.3. The van der Waals surface area contributed by atoms with Gasteiger partial charge >= 0.3 is 0 Å². The lowest BCUT2D eigenvalue weighted by Crippen LogP contribution is -2.48. The Hall–Kier alpha value is -4.22. The Labute approximate surface area is 239 Å². The van der Waals surface area contributed by atoms with E-state index in [2.05, 4.69) is 20.9 Å². The van der Waals surface area contributed by atoms with Gasteiger partial charge in [-0.05, 0) is 92.6 Å². The number of nitriles is 1. The van der Waals surface area contributed by atoms with Gasteiger partial charge in [-0.25, -0.2) is 4.39 Å². The molecular weight excluding hydrogens is 517 g/mol. The topological polar surface area (TPSA) is 96.3 Å². The van der Waals surface area contributed by atoms with Crippen molar-refractivity contribution in [2.24, 2.45) is 5.41 Å². The highest BCUT2D eigenvalue weighted by Crippen LogP contribution is 2.40. The molecule has 2 fully saturated rings. The molecule has 2 N–H and O–H groups in total. The van der Waals surface area contributed by atoms with E-state index in [1.807, 2.05) is 41.4 Å². The molecule has 0 spiro atoms. The predicted molar refractivity (Wildman–Crippen MR) is 156 cm³/mol. The van der Waals surface area contributed by atoms with Crippen LogP contribution in [0.4, 0.5) is 4.39 Å². The van der Waals surface area contributed by atoms with Crippen LogP contribution in [-0.4, -0.2) is 63.5 Å². The van der Waals surface area contributed by atoms with Gasteiger partial charge in [0.25, 0.3) is 0 Å². The van der Waals surface area contributed by atoms with E-state index in [9.17, 15) is 19.6 Å². The summed E-state index contributed by atoms with van der Waals surface area (Å²) in [5.41, 5.74) is 4.02. The van der Waals surface area contributed by atoms with Crippen LogP contribution >= 0.6 is 0 Å². The second-order valence-electron chi connectivity index (χ2n) is 11.5. The molecule has 0 bridgehead atoms. The van der Waals surface area contributed by atoms with Crippen LogP contribution in [0, 0.1) is 22.6 Å². The zero-order chi connectivity index (χ0) is 28.4. The fraction of sp³-hybridized carbons (Fsp3) is 0.364. The number of hydrogen-bond acceptors (Lipinski definition) is 5. The van der Waals surface area contributed by atoms with Gasteiger partial charge < -0.3 is 15.0 Å². The van der Waals surface area contributed by atoms with Crippen LogP contribution in [0.2, 0.25) is 0 Å². The number of phenolic OH excluding ortho intramolecular Hbond substituents is 1. The average molecular weight is 552 g/mol. The maximum atomic E-state index is 13.3. The molecule has 4 aromatic rings. The third-order valence-corrected chi connectivity index (χ3v) is 8.93. The highest BCUT2D eigenvalue weighted by Gasteiger charge is 2.37. The lowest BCUT2D eigenvalue weighted by atomic mass is 9.75. The minimum absolute atomic E-state index is 0.106. The highest BCUT2D eigenvalue weighted by molar-refractivity contribution is 5.86. The van der Waals surface area contributed by atoms with Gasteiger partial charge in [-0.15, -0.1) is 0 Å². The van der Waals surface area contributed by atoms with E-state index in [0.29, 0.717) is 44.6 Å². The molecule has 8 heteroatoms. The number of para-hydroxylation sites is 1. The van der Waals surface area contributed by atoms with Gasteiger partial charge in [-0.3, -0.25) is 14.7 Å². The molecular formula is C33H34FN5O2. The number of piperidine rings is 2. The van der Waals surface area contributed by atoms with Crippen LogP contribution in [0.1, 0.15) is 42.7 Å². The summed E-state index contributed by atoms with van der Waals surface area (Å²) in [5, 5.41) is 22.2. The number of hydrogen-bond donors (Lipinski definition) is 2. The highest BCUT2D eigenvalue weighted by atomic mass is 19.1. The van der Waals surface area contributed by atoms with E-state index in [1.54, 1.807) is 18.3 Å². The number of halogens is 1. The van der Waals surface area contributed by atoms with Gasteiger partial charge in [0.2, 0.25) is 5.91 Å². The quantitative estimate of drug-likeness (QED) is 0.324. The summed E-state index contributed by atoms with van der Waals surface area (Å²) in [6, 6.07) is 18.7. The summed E-state index contributed by atoms with van der Waals surface area (Å²) in [7, 11) is 0. The number of carbonyl (C=O) groups excluding carboxylic acids is 1. The molecule has 0 saturated carbocycles. The van der Waals surface area contributed by atoms with Crippen molar-refractivity contribution in [3.63, 3.8) is 0 Å². The number of phenols is 1. The number of aromatic amines is 1. The maximum Gasteiger partial charge on any atom is 0.236 e. The molecule has 7 nitrogen and oxygen atoms in total. The van der Waals surface area contributed by atoms with Crippen molar-refractivity contribution in [2.45, 2.75) is 38.0 Å². The minimum Gasteiger partial charge on any atom is -0.507 e. The van der Waals surface area contributed by atoms with E-state index in [1.165, 1.54) is 12.1 Å². The number of carbonyl (C=O) groups is 1. The fourth-order valence-electron chi connectivity index (χ4n) is 6.42. The predicted octanol–water partition coefficient (Wildman–Crippen LogP) is 5.63. The Balaban J connectivity index is 1.03. The standard InChI is InChI=1S/C33H34FN5O2/c34-26-6-4-23(5-7-26)19-33(22-35)11-16-39(17-12-33)31(40)21-38-14-9-24(10-15-38)27-2-1-3-28(32(27)41)30-18-25-20-36-13-8-29(25)37-30/h1-8,13,18,20,24,37,41H,9-12,14-17,19,21H2. The van der Waals surface area contributed by atoms with E-state index in [4.69, 9.17) is 0 Å². The number of fused-ring (bicyclic) bond motifs is 1. The number of H-pyrrole nitrogens is 1. The Morgan fingerprint density at radius 1 is 1.10 bits per heavy atom. The van der Waals surface area contributed by atoms with Crippen LogP contribution in [0.25, 0.3) is 22.2 Å². The molecule has 0 unspecified atom stereocenters. The number of benzene rings is 2. The van der Waals surface area contributed by atoms with E-state index >= 15 is 0 Å². The Morgan fingerprint density at radius 2 is 1.85 bits per heavy atom. The molecule has 2 saturated heterocycles. The minimum atomic E-state index is -0.521. The molecule has 2 aromatic carbocycles. The lowest BCUT2D eigenvalue weighted by molar-refractivity contribution is -0.134. The second kappa shape index (κ2) is 11.3. The van der Waals surface area contributed by atoms with Crippen LogP contribution in [0.5, 0.6) is 5.75 Å². The molecule has 2 aromatic heterocycles. The van der Waals surface area contributed by atoms with Crippen LogP contribution < -0.4 is 0 Å². The molecule has 0 radical (unpaired) electrons. The molecule has 0 atom stereocenters. The zero-order valence-corrected chi connectivity index (χ0v) is 23.0. The number of aromatic nitrogens is 2. The average Bonchev–Trinajstić information content (AvgIpc) is 3.43. The number of likely N-dealkylation sites (tertiary alicyclic amines) is 2. The number of nitrogens with one attached hydrogen (secondary N) is 1. The first-order valence-corrected chi connectivity index (χ1v) is 14.3. The molecule has 1 amide bonds. The third kappa shape index (κ3) is 5.68. The van der Waals surface area contributed by atoms with E-state index in [-0.39, 0.29) is 17.6 Å². The van der Waals surface area contributed by atoms with Gasteiger partial charge in [-0.2, -0.15) is 5.26 Å². The maximum absolute atomic E-state index is 13.3. The third-order valence-electron chi connectivity index (χ3n) is 8.93. The second-order valence-corrected chi connectivity index (χ2v) is 11.5. The molecule has 2 aliphatic heterocycles. The monoisotopic (exact) mass is 551 g/mol. The smallest absolute Gasteiger partial charge is 0.236 e. The van der Waals surface area contributed by atoms with Crippen molar-refractivity contribution in [3.05, 3.63) is 83.9 Å². The van der Waals surface area contributed by atoms with Gasteiger partial charge in [0, 0.05) is 41.9 Å². The number of aromatic hydroxyl groups is 1. The van der Waals surface area contributed by atoms with Crippen molar-refractivity contribution in [1.29, 1.82) is 5.26 Å². The molecule has 2 aliphatic rings. The van der Waals surface area contributed by atoms with Gasteiger partial charge in [0.05, 0.1) is 23.7 Å². The molecule has 6 rings (SSSR count). The molecule has 210 valence electrons. The van der Waals surface area contributed by atoms with Crippen molar-refractivity contribution >= 4 is 16.8 Å². The van der Waals surface area contributed by atoms with Crippen LogP contribution in [0.3, 0.4) is 0 Å². The van der Waals surface area contributed by atoms with Crippen molar-refractivity contribution < 1.29 is 14.3 Å². The van der Waals surface area contributed by atoms with Crippen molar-refractivity contribution in [3.8, 4) is 23.1 Å². The zero-order valence-electron chi connectivity index (χ0n) is 23.0. The molecule has 4 heterocycles. The van der Waals surface area contributed by atoms with Crippen LogP contribution in [0.15, 0.2) is 67.0 Å². The van der Waals surface area contributed by atoms with Crippen molar-refractivity contribution in [1.82, 2.24) is 19.8 Å². The number of pyridine rings is 1. The first kappa shape index (κ1) is 27.0. The lowest BCUT2D eigenvalue weighted by Gasteiger charge is -2.39. The summed E-state index contributed by atoms with van der Waals surface area (Å²) in [4.78, 5) is 24.8. The van der Waals surface area contributed by atoms with Gasteiger partial charge in [0.1, 0.15) is 11.6 Å². The Morgan fingerprint density at radius 3 is 2.56 bits per heavy atom. The summed E-state index contributed by atoms with van der Waals surface area (Å²) in [5.74, 6) is 0.370. The van der Waals surface area contributed by atoms with E-state index < -0.39 is 5.41 Å². The summed E-state index contributed by atoms with van der Waals surface area (Å²) in [6.45, 7) is 3.08.